The quantitative estimate of drug-likeness (QED) is 0.372. The number of aliphatic hydroxyl groups is 1. The molecule has 1 atom stereocenters. The molecule has 0 saturated carbocycles. The second-order valence-corrected chi connectivity index (χ2v) is 2.97. The number of rotatable bonds is 6. The average molecular weight is 190 g/mol. The maximum absolute atomic E-state index is 10.4. The van der Waals surface area contributed by atoms with Gasteiger partial charge in [-0.15, -0.1) is 0 Å². The number of carbonyl (C=O) groups excluding carboxylic acids is 1. The van der Waals surface area contributed by atoms with E-state index in [1.807, 2.05) is 0 Å². The van der Waals surface area contributed by atoms with Crippen LogP contribution in [0.1, 0.15) is 13.3 Å². The highest BCUT2D eigenvalue weighted by atomic mass is 16.4. The third kappa shape index (κ3) is 5.15. The fraction of sp³-hybridized carbons (Fsp3) is 0.714. The SMILES string of the molecule is CC(O)(CNCCC(N)=O)C(=O)O. The molecule has 0 aliphatic carbocycles. The molecule has 0 aromatic rings. The lowest BCUT2D eigenvalue weighted by Gasteiger charge is -2.17. The molecule has 5 N–H and O–H groups in total. The fourth-order valence-electron chi connectivity index (χ4n) is 0.619. The summed E-state index contributed by atoms with van der Waals surface area (Å²) < 4.78 is 0. The second-order valence-electron chi connectivity index (χ2n) is 2.97. The Morgan fingerprint density at radius 1 is 1.54 bits per heavy atom. The van der Waals surface area contributed by atoms with Crippen LogP contribution < -0.4 is 11.1 Å². The summed E-state index contributed by atoms with van der Waals surface area (Å²) in [7, 11) is 0. The van der Waals surface area contributed by atoms with Gasteiger partial charge in [0.1, 0.15) is 0 Å². The molecule has 0 rings (SSSR count). The van der Waals surface area contributed by atoms with Crippen LogP contribution in [-0.4, -0.2) is 40.8 Å². The number of hydrogen-bond donors (Lipinski definition) is 4. The number of amides is 1. The Kier molecular flexibility index (Phi) is 4.36. The van der Waals surface area contributed by atoms with Crippen molar-refractivity contribution in [3.05, 3.63) is 0 Å². The normalized spacial score (nSPS) is 14.9. The van der Waals surface area contributed by atoms with E-state index in [1.54, 1.807) is 0 Å². The molecular weight excluding hydrogens is 176 g/mol. The van der Waals surface area contributed by atoms with Gasteiger partial charge in [-0.05, 0) is 6.92 Å². The zero-order chi connectivity index (χ0) is 10.5. The molecule has 0 spiro atoms. The van der Waals surface area contributed by atoms with E-state index in [0.717, 1.165) is 0 Å². The summed E-state index contributed by atoms with van der Waals surface area (Å²) in [5.74, 6) is -1.78. The van der Waals surface area contributed by atoms with Gasteiger partial charge in [0.15, 0.2) is 5.60 Å². The van der Waals surface area contributed by atoms with Gasteiger partial charge < -0.3 is 21.3 Å². The molecule has 1 amide bonds. The molecule has 13 heavy (non-hydrogen) atoms. The van der Waals surface area contributed by atoms with Crippen LogP contribution in [0.5, 0.6) is 0 Å². The molecule has 1 unspecified atom stereocenters. The minimum Gasteiger partial charge on any atom is -0.479 e. The summed E-state index contributed by atoms with van der Waals surface area (Å²) in [4.78, 5) is 20.6. The molecule has 0 radical (unpaired) electrons. The topological polar surface area (TPSA) is 113 Å². The van der Waals surface area contributed by atoms with E-state index in [4.69, 9.17) is 10.8 Å². The molecule has 0 aliphatic rings. The fourth-order valence-corrected chi connectivity index (χ4v) is 0.619. The molecule has 6 nitrogen and oxygen atoms in total. The third-order valence-corrected chi connectivity index (χ3v) is 1.48. The standard InChI is InChI=1S/C7H14N2O4/c1-7(13,6(11)12)4-9-3-2-5(8)10/h9,13H,2-4H2,1H3,(H2,8,10)(H,11,12). The van der Waals surface area contributed by atoms with Crippen LogP contribution in [0.3, 0.4) is 0 Å². The Labute approximate surface area is 75.7 Å². The molecule has 0 fully saturated rings. The van der Waals surface area contributed by atoms with Gasteiger partial charge in [-0.3, -0.25) is 4.79 Å². The van der Waals surface area contributed by atoms with Crippen LogP contribution in [0.25, 0.3) is 0 Å². The Bertz CT molecular complexity index is 203. The van der Waals surface area contributed by atoms with Crippen molar-refractivity contribution < 1.29 is 19.8 Å². The summed E-state index contributed by atoms with van der Waals surface area (Å²) in [6, 6.07) is 0. The molecule has 0 saturated heterocycles. The minimum absolute atomic E-state index is 0.115. The van der Waals surface area contributed by atoms with Gasteiger partial charge in [0.05, 0.1) is 0 Å². The molecule has 0 heterocycles. The van der Waals surface area contributed by atoms with Gasteiger partial charge in [-0.2, -0.15) is 0 Å². The van der Waals surface area contributed by atoms with Crippen molar-refractivity contribution in [2.75, 3.05) is 13.1 Å². The molecule has 0 aromatic carbocycles. The van der Waals surface area contributed by atoms with Gasteiger partial charge in [-0.25, -0.2) is 4.79 Å². The van der Waals surface area contributed by atoms with Gasteiger partial charge in [0.2, 0.25) is 5.91 Å². The molecule has 0 aromatic heterocycles. The summed E-state index contributed by atoms with van der Waals surface area (Å²) in [5.41, 5.74) is 3.04. The summed E-state index contributed by atoms with van der Waals surface area (Å²) in [5, 5.41) is 20.3. The van der Waals surface area contributed by atoms with Crippen LogP contribution in [-0.2, 0) is 9.59 Å². The summed E-state index contributed by atoms with van der Waals surface area (Å²) >= 11 is 0. The van der Waals surface area contributed by atoms with Crippen LogP contribution in [0.2, 0.25) is 0 Å². The zero-order valence-electron chi connectivity index (χ0n) is 7.41. The molecule has 0 aliphatic heterocycles. The first-order chi connectivity index (χ1) is 5.86. The molecule has 0 bridgehead atoms. The number of carboxylic acids is 1. The largest absolute Gasteiger partial charge is 0.479 e. The van der Waals surface area contributed by atoms with Crippen molar-refractivity contribution in [2.24, 2.45) is 5.73 Å². The van der Waals surface area contributed by atoms with E-state index in [-0.39, 0.29) is 19.5 Å². The molecule has 76 valence electrons. The van der Waals surface area contributed by atoms with E-state index in [1.165, 1.54) is 6.92 Å². The van der Waals surface area contributed by atoms with E-state index < -0.39 is 17.5 Å². The van der Waals surface area contributed by atoms with Crippen LogP contribution in [0.4, 0.5) is 0 Å². The van der Waals surface area contributed by atoms with Crippen LogP contribution in [0, 0.1) is 0 Å². The lowest BCUT2D eigenvalue weighted by atomic mass is 10.1. The maximum atomic E-state index is 10.4. The van der Waals surface area contributed by atoms with E-state index in [9.17, 15) is 14.7 Å². The average Bonchev–Trinajstić information content (AvgIpc) is 1.97. The first-order valence-electron chi connectivity index (χ1n) is 3.81. The first kappa shape index (κ1) is 11.9. The highest BCUT2D eigenvalue weighted by Crippen LogP contribution is 2.00. The maximum Gasteiger partial charge on any atom is 0.336 e. The summed E-state index contributed by atoms with van der Waals surface area (Å²) in [6.07, 6.45) is 0.121. The number of carboxylic acid groups (broad SMARTS) is 1. The lowest BCUT2D eigenvalue weighted by Crippen LogP contribution is -2.45. The zero-order valence-corrected chi connectivity index (χ0v) is 7.41. The monoisotopic (exact) mass is 190 g/mol. The van der Waals surface area contributed by atoms with Gasteiger partial charge in [0.25, 0.3) is 0 Å². The Morgan fingerprint density at radius 3 is 2.46 bits per heavy atom. The van der Waals surface area contributed by atoms with Crippen molar-refractivity contribution in [2.45, 2.75) is 18.9 Å². The van der Waals surface area contributed by atoms with Crippen LogP contribution >= 0.6 is 0 Å². The van der Waals surface area contributed by atoms with Crippen LogP contribution in [0.15, 0.2) is 0 Å². The number of aliphatic carboxylic acids is 1. The van der Waals surface area contributed by atoms with Crippen molar-refractivity contribution in [3.63, 3.8) is 0 Å². The lowest BCUT2D eigenvalue weighted by molar-refractivity contribution is -0.156. The predicted octanol–water partition coefficient (Wildman–Crippen LogP) is -1.71. The Balaban J connectivity index is 3.64. The van der Waals surface area contributed by atoms with Crippen molar-refractivity contribution in [1.29, 1.82) is 0 Å². The highest BCUT2D eigenvalue weighted by molar-refractivity contribution is 5.76. The Morgan fingerprint density at radius 2 is 2.08 bits per heavy atom. The van der Waals surface area contributed by atoms with Crippen molar-refractivity contribution >= 4 is 11.9 Å². The Hall–Kier alpha value is -1.14. The predicted molar refractivity (Wildman–Crippen MR) is 44.9 cm³/mol. The van der Waals surface area contributed by atoms with Crippen molar-refractivity contribution in [3.8, 4) is 0 Å². The third-order valence-electron chi connectivity index (χ3n) is 1.48. The minimum atomic E-state index is -1.81. The number of nitrogens with two attached hydrogens (primary N) is 1. The van der Waals surface area contributed by atoms with Gasteiger partial charge in [0, 0.05) is 19.5 Å². The first-order valence-corrected chi connectivity index (χ1v) is 3.81. The summed E-state index contributed by atoms with van der Waals surface area (Å²) in [6.45, 7) is 1.32. The molecular formula is C7H14N2O4. The number of hydrogen-bond acceptors (Lipinski definition) is 4. The van der Waals surface area contributed by atoms with Gasteiger partial charge in [-0.1, -0.05) is 0 Å². The van der Waals surface area contributed by atoms with E-state index >= 15 is 0 Å². The number of carbonyl (C=O) groups is 2. The highest BCUT2D eigenvalue weighted by Gasteiger charge is 2.28. The number of nitrogens with one attached hydrogen (secondary N) is 1. The van der Waals surface area contributed by atoms with E-state index in [2.05, 4.69) is 5.32 Å². The van der Waals surface area contributed by atoms with Crippen molar-refractivity contribution in [1.82, 2.24) is 5.32 Å². The molecule has 6 heteroatoms. The number of primary amides is 1. The smallest absolute Gasteiger partial charge is 0.336 e. The van der Waals surface area contributed by atoms with E-state index in [0.29, 0.717) is 0 Å². The second kappa shape index (κ2) is 4.78. The van der Waals surface area contributed by atoms with Gasteiger partial charge >= 0.3 is 5.97 Å².